The van der Waals surface area contributed by atoms with Crippen LogP contribution in [0.1, 0.15) is 27.4 Å². The Morgan fingerprint density at radius 2 is 2.06 bits per heavy atom. The van der Waals surface area contributed by atoms with Gasteiger partial charge < -0.3 is 15.5 Å². The molecule has 0 aliphatic carbocycles. The highest BCUT2D eigenvalue weighted by Crippen LogP contribution is 2.18. The van der Waals surface area contributed by atoms with Crippen LogP contribution < -0.4 is 11.1 Å². The lowest BCUT2D eigenvalue weighted by molar-refractivity contribution is 0.102. The van der Waals surface area contributed by atoms with Gasteiger partial charge in [-0.15, -0.1) is 0 Å². The Morgan fingerprint density at radius 3 is 2.61 bits per heavy atom. The van der Waals surface area contributed by atoms with E-state index in [4.69, 9.17) is 10.2 Å². The number of nitrogens with zero attached hydrogens (tertiary/aromatic N) is 1. The third-order valence-corrected chi connectivity index (χ3v) is 2.62. The van der Waals surface area contributed by atoms with Crippen LogP contribution >= 0.6 is 0 Å². The second-order valence-electron chi connectivity index (χ2n) is 4.22. The zero-order chi connectivity index (χ0) is 13.3. The van der Waals surface area contributed by atoms with Crippen LogP contribution in [0.5, 0.6) is 0 Å². The first-order valence-corrected chi connectivity index (χ1v) is 5.58. The normalized spacial score (nSPS) is 10.4. The fourth-order valence-corrected chi connectivity index (χ4v) is 1.76. The first-order chi connectivity index (χ1) is 8.47. The Morgan fingerprint density at radius 1 is 1.33 bits per heavy atom. The fourth-order valence-electron chi connectivity index (χ4n) is 1.76. The van der Waals surface area contributed by atoms with E-state index in [2.05, 4.69) is 10.3 Å². The summed E-state index contributed by atoms with van der Waals surface area (Å²) in [6.45, 7) is 5.40. The molecule has 0 saturated heterocycles. The van der Waals surface area contributed by atoms with Crippen LogP contribution in [0.4, 0.5) is 11.5 Å². The van der Waals surface area contributed by atoms with E-state index in [0.29, 0.717) is 28.6 Å². The third-order valence-electron chi connectivity index (χ3n) is 2.62. The van der Waals surface area contributed by atoms with Gasteiger partial charge in [0.15, 0.2) is 0 Å². The highest BCUT2D eigenvalue weighted by atomic mass is 16.3. The summed E-state index contributed by atoms with van der Waals surface area (Å²) in [6, 6.07) is 3.47. The zero-order valence-electron chi connectivity index (χ0n) is 10.6. The summed E-state index contributed by atoms with van der Waals surface area (Å²) in [5.74, 6) is 1.58. The van der Waals surface area contributed by atoms with Crippen molar-refractivity contribution in [3.05, 3.63) is 41.0 Å². The van der Waals surface area contributed by atoms with E-state index in [1.807, 2.05) is 6.92 Å². The lowest BCUT2D eigenvalue weighted by atomic mass is 10.2. The van der Waals surface area contributed by atoms with Gasteiger partial charge in [-0.1, -0.05) is 0 Å². The molecule has 5 heteroatoms. The number of rotatable bonds is 2. The molecule has 0 aliphatic rings. The van der Waals surface area contributed by atoms with Crippen molar-refractivity contribution in [2.75, 3.05) is 11.1 Å². The number of furan rings is 1. The number of nitrogens with one attached hydrogen (secondary N) is 1. The van der Waals surface area contributed by atoms with Crippen molar-refractivity contribution in [2.45, 2.75) is 20.8 Å². The summed E-state index contributed by atoms with van der Waals surface area (Å²) < 4.78 is 5.32. The summed E-state index contributed by atoms with van der Waals surface area (Å²) in [5, 5.41) is 2.74. The molecule has 1 amide bonds. The van der Waals surface area contributed by atoms with Gasteiger partial charge in [0.25, 0.3) is 5.91 Å². The molecule has 0 spiro atoms. The molecule has 2 heterocycles. The van der Waals surface area contributed by atoms with E-state index >= 15 is 0 Å². The van der Waals surface area contributed by atoms with E-state index in [1.165, 1.54) is 6.20 Å². The van der Waals surface area contributed by atoms with Crippen molar-refractivity contribution >= 4 is 17.4 Å². The lowest BCUT2D eigenvalue weighted by Crippen LogP contribution is -2.14. The molecular formula is C13H15N3O2. The van der Waals surface area contributed by atoms with E-state index in [0.717, 1.165) is 5.56 Å². The van der Waals surface area contributed by atoms with Crippen molar-refractivity contribution in [2.24, 2.45) is 0 Å². The van der Waals surface area contributed by atoms with Gasteiger partial charge in [-0.05, 0) is 38.5 Å². The minimum atomic E-state index is -0.232. The number of nitrogens with two attached hydrogens (primary N) is 1. The minimum absolute atomic E-state index is 0.232. The topological polar surface area (TPSA) is 81.2 Å². The van der Waals surface area contributed by atoms with Crippen LogP contribution in [-0.4, -0.2) is 10.9 Å². The Balaban J connectivity index is 2.24. The number of hydrogen-bond donors (Lipinski definition) is 2. The SMILES string of the molecule is Cc1cc(C(=O)Nc2ncc(N)cc2C)c(C)o1. The van der Waals surface area contributed by atoms with E-state index < -0.39 is 0 Å². The number of amides is 1. The Hall–Kier alpha value is -2.30. The molecule has 18 heavy (non-hydrogen) atoms. The number of carbonyl (C=O) groups is 1. The van der Waals surface area contributed by atoms with E-state index in [-0.39, 0.29) is 5.91 Å². The first-order valence-electron chi connectivity index (χ1n) is 5.58. The second kappa shape index (κ2) is 4.52. The number of hydrogen-bond acceptors (Lipinski definition) is 4. The van der Waals surface area contributed by atoms with Gasteiger partial charge in [-0.2, -0.15) is 0 Å². The van der Waals surface area contributed by atoms with Crippen molar-refractivity contribution in [3.63, 3.8) is 0 Å². The third kappa shape index (κ3) is 2.34. The smallest absolute Gasteiger partial charge is 0.260 e. The molecule has 94 valence electrons. The van der Waals surface area contributed by atoms with Gasteiger partial charge in [0.2, 0.25) is 0 Å². The van der Waals surface area contributed by atoms with E-state index in [9.17, 15) is 4.79 Å². The van der Waals surface area contributed by atoms with Crippen LogP contribution in [0.3, 0.4) is 0 Å². The zero-order valence-corrected chi connectivity index (χ0v) is 10.6. The average molecular weight is 245 g/mol. The molecule has 0 bridgehead atoms. The first kappa shape index (κ1) is 12.2. The number of pyridine rings is 1. The highest BCUT2D eigenvalue weighted by molar-refractivity contribution is 6.04. The van der Waals surface area contributed by atoms with Gasteiger partial charge in [-0.3, -0.25) is 4.79 Å². The summed E-state index contributed by atoms with van der Waals surface area (Å²) in [5.41, 5.74) is 7.52. The van der Waals surface area contributed by atoms with Crippen LogP contribution in [0.25, 0.3) is 0 Å². The van der Waals surface area contributed by atoms with Gasteiger partial charge in [-0.25, -0.2) is 4.98 Å². The molecule has 2 rings (SSSR count). The number of carbonyl (C=O) groups excluding carboxylic acids is 1. The maximum Gasteiger partial charge on any atom is 0.260 e. The Labute approximate surface area is 105 Å². The number of nitrogen functional groups attached to an aromatic ring is 1. The monoisotopic (exact) mass is 245 g/mol. The molecule has 5 nitrogen and oxygen atoms in total. The van der Waals surface area contributed by atoms with Crippen LogP contribution in [0, 0.1) is 20.8 Å². The second-order valence-corrected chi connectivity index (χ2v) is 4.22. The van der Waals surface area contributed by atoms with E-state index in [1.54, 1.807) is 26.0 Å². The fraction of sp³-hybridized carbons (Fsp3) is 0.231. The number of aromatic nitrogens is 1. The van der Waals surface area contributed by atoms with Crippen molar-refractivity contribution in [1.29, 1.82) is 0 Å². The maximum atomic E-state index is 12.0. The quantitative estimate of drug-likeness (QED) is 0.851. The van der Waals surface area contributed by atoms with Gasteiger partial charge in [0, 0.05) is 0 Å². The standard InChI is InChI=1S/C13H15N3O2/c1-7-4-10(14)6-15-12(7)16-13(17)11-5-8(2)18-9(11)3/h4-6H,14H2,1-3H3,(H,15,16,17). The molecule has 2 aromatic heterocycles. The summed E-state index contributed by atoms with van der Waals surface area (Å²) in [6.07, 6.45) is 1.51. The highest BCUT2D eigenvalue weighted by Gasteiger charge is 2.14. The van der Waals surface area contributed by atoms with Gasteiger partial charge in [0.05, 0.1) is 17.4 Å². The molecule has 0 saturated carbocycles. The molecule has 0 radical (unpaired) electrons. The van der Waals surface area contributed by atoms with Crippen molar-refractivity contribution in [1.82, 2.24) is 4.98 Å². The predicted octanol–water partition coefficient (Wildman–Crippen LogP) is 2.43. The number of anilines is 2. The lowest BCUT2D eigenvalue weighted by Gasteiger charge is -2.07. The largest absolute Gasteiger partial charge is 0.466 e. The molecule has 0 aromatic carbocycles. The van der Waals surface area contributed by atoms with Crippen LogP contribution in [0.15, 0.2) is 22.7 Å². The van der Waals surface area contributed by atoms with Crippen molar-refractivity contribution < 1.29 is 9.21 Å². The average Bonchev–Trinajstić information content (AvgIpc) is 2.62. The number of aryl methyl sites for hydroxylation is 3. The maximum absolute atomic E-state index is 12.0. The summed E-state index contributed by atoms with van der Waals surface area (Å²) >= 11 is 0. The predicted molar refractivity (Wildman–Crippen MR) is 69.5 cm³/mol. The molecular weight excluding hydrogens is 230 g/mol. The molecule has 0 unspecified atom stereocenters. The summed E-state index contributed by atoms with van der Waals surface area (Å²) in [7, 11) is 0. The Bertz CT molecular complexity index is 602. The molecule has 2 aromatic rings. The molecule has 0 fully saturated rings. The van der Waals surface area contributed by atoms with Gasteiger partial charge in [0.1, 0.15) is 17.3 Å². The molecule has 0 atom stereocenters. The van der Waals surface area contributed by atoms with Gasteiger partial charge >= 0.3 is 0 Å². The molecule has 3 N–H and O–H groups in total. The Kier molecular flexibility index (Phi) is 3.06. The molecule has 0 aliphatic heterocycles. The van der Waals surface area contributed by atoms with Crippen molar-refractivity contribution in [3.8, 4) is 0 Å². The minimum Gasteiger partial charge on any atom is -0.466 e. The van der Waals surface area contributed by atoms with Crippen LogP contribution in [0.2, 0.25) is 0 Å². The van der Waals surface area contributed by atoms with Crippen LogP contribution in [-0.2, 0) is 0 Å². The summed E-state index contributed by atoms with van der Waals surface area (Å²) in [4.78, 5) is 16.1.